The second kappa shape index (κ2) is 5.13. The molecule has 0 aliphatic carbocycles. The summed E-state index contributed by atoms with van der Waals surface area (Å²) in [6.45, 7) is 0. The van der Waals surface area contributed by atoms with Gasteiger partial charge in [0.1, 0.15) is 0 Å². The highest BCUT2D eigenvalue weighted by Crippen LogP contribution is 2.12. The number of ether oxygens (including phenoxy) is 1. The third-order valence-electron chi connectivity index (χ3n) is 3.27. The number of esters is 1. The molecule has 1 heterocycles. The highest BCUT2D eigenvalue weighted by atomic mass is 16.5. The highest BCUT2D eigenvalue weighted by Gasteiger charge is 2.12. The van der Waals surface area contributed by atoms with Crippen molar-refractivity contribution in [3.05, 3.63) is 72.4 Å². The number of rotatable bonds is 2. The van der Waals surface area contributed by atoms with Crippen molar-refractivity contribution in [1.82, 2.24) is 0 Å². The molecule has 0 aliphatic heterocycles. The Morgan fingerprint density at radius 1 is 0.950 bits per heavy atom. The molecule has 1 aromatic heterocycles. The third-order valence-corrected chi connectivity index (χ3v) is 3.27. The van der Waals surface area contributed by atoms with Crippen LogP contribution in [0.1, 0.15) is 10.4 Å². The first-order valence-electron chi connectivity index (χ1n) is 6.38. The monoisotopic (exact) mass is 264 g/mol. The van der Waals surface area contributed by atoms with Crippen LogP contribution in [0.3, 0.4) is 0 Å². The smallest absolute Gasteiger partial charge is 0.337 e. The van der Waals surface area contributed by atoms with E-state index in [-0.39, 0.29) is 5.97 Å². The normalized spacial score (nSPS) is 10.4. The highest BCUT2D eigenvalue weighted by molar-refractivity contribution is 5.89. The fraction of sp³-hybridized carbons (Fsp3) is 0.0588. The van der Waals surface area contributed by atoms with Gasteiger partial charge in [0.2, 0.25) is 11.2 Å². The van der Waals surface area contributed by atoms with Crippen LogP contribution in [-0.4, -0.2) is 13.1 Å². The molecule has 0 bridgehead atoms. The van der Waals surface area contributed by atoms with Gasteiger partial charge in [-0.3, -0.25) is 0 Å². The molecule has 3 nitrogen and oxygen atoms in total. The number of aromatic nitrogens is 1. The van der Waals surface area contributed by atoms with Gasteiger partial charge in [-0.2, -0.15) is 4.57 Å². The summed E-state index contributed by atoms with van der Waals surface area (Å²) >= 11 is 0. The molecule has 0 spiro atoms. The Balaban J connectivity index is 2.09. The third kappa shape index (κ3) is 2.14. The molecule has 0 saturated carbocycles. The SMILES string of the molecule is COC(=O)c1ccc(-[n+]2cccc3ccccc32)cc1. The van der Waals surface area contributed by atoms with E-state index >= 15 is 0 Å². The van der Waals surface area contributed by atoms with Gasteiger partial charge in [-0.05, 0) is 24.3 Å². The van der Waals surface area contributed by atoms with Crippen molar-refractivity contribution in [1.29, 1.82) is 0 Å². The zero-order valence-corrected chi connectivity index (χ0v) is 11.1. The number of hydrogen-bond donors (Lipinski definition) is 0. The molecule has 3 rings (SSSR count). The minimum absolute atomic E-state index is 0.320. The number of pyridine rings is 1. The molecule has 98 valence electrons. The summed E-state index contributed by atoms with van der Waals surface area (Å²) < 4.78 is 6.80. The molecule has 0 saturated heterocycles. The summed E-state index contributed by atoms with van der Waals surface area (Å²) in [5.74, 6) is -0.320. The van der Waals surface area contributed by atoms with Gasteiger partial charge in [-0.15, -0.1) is 0 Å². The number of fused-ring (bicyclic) bond motifs is 1. The molecule has 2 aromatic carbocycles. The molecule has 0 radical (unpaired) electrons. The second-order valence-electron chi connectivity index (χ2n) is 4.48. The lowest BCUT2D eigenvalue weighted by Gasteiger charge is -2.02. The van der Waals surface area contributed by atoms with Crippen molar-refractivity contribution in [3.8, 4) is 5.69 Å². The Morgan fingerprint density at radius 3 is 2.40 bits per heavy atom. The zero-order chi connectivity index (χ0) is 13.9. The number of nitrogens with zero attached hydrogens (tertiary/aromatic N) is 1. The molecule has 0 unspecified atom stereocenters. The van der Waals surface area contributed by atoms with Crippen LogP contribution in [0.5, 0.6) is 0 Å². The van der Waals surface area contributed by atoms with Crippen LogP contribution >= 0.6 is 0 Å². The van der Waals surface area contributed by atoms with Crippen LogP contribution in [0.4, 0.5) is 0 Å². The summed E-state index contributed by atoms with van der Waals surface area (Å²) in [7, 11) is 1.38. The number of carbonyl (C=O) groups excluding carboxylic acids is 1. The van der Waals surface area contributed by atoms with E-state index in [0.29, 0.717) is 5.56 Å². The van der Waals surface area contributed by atoms with Gasteiger partial charge in [-0.25, -0.2) is 4.79 Å². The van der Waals surface area contributed by atoms with E-state index in [0.717, 1.165) is 11.2 Å². The van der Waals surface area contributed by atoms with Gasteiger partial charge in [0.05, 0.1) is 12.7 Å². The van der Waals surface area contributed by atoms with E-state index in [1.807, 2.05) is 36.5 Å². The fourth-order valence-electron chi connectivity index (χ4n) is 2.26. The van der Waals surface area contributed by atoms with Gasteiger partial charge >= 0.3 is 5.97 Å². The standard InChI is InChI=1S/C17H14NO2/c1-20-17(19)14-8-10-15(11-9-14)18-12-4-6-13-5-2-3-7-16(13)18/h2-12H,1H3/q+1. The van der Waals surface area contributed by atoms with Gasteiger partial charge in [0.25, 0.3) is 0 Å². The maximum absolute atomic E-state index is 11.4. The summed E-state index contributed by atoms with van der Waals surface area (Å²) in [5, 5.41) is 1.17. The average Bonchev–Trinajstić information content (AvgIpc) is 2.54. The first-order valence-corrected chi connectivity index (χ1v) is 6.38. The number of methoxy groups -OCH3 is 1. The van der Waals surface area contributed by atoms with Crippen molar-refractivity contribution in [2.24, 2.45) is 0 Å². The average molecular weight is 264 g/mol. The minimum atomic E-state index is -0.320. The molecule has 0 aliphatic rings. The van der Waals surface area contributed by atoms with E-state index < -0.39 is 0 Å². The Kier molecular flexibility index (Phi) is 3.17. The van der Waals surface area contributed by atoms with Crippen molar-refractivity contribution < 1.29 is 14.1 Å². The Labute approximate surface area is 117 Å². The van der Waals surface area contributed by atoms with E-state index in [2.05, 4.69) is 22.8 Å². The van der Waals surface area contributed by atoms with Gasteiger partial charge in [-0.1, -0.05) is 12.1 Å². The number of benzene rings is 2. The topological polar surface area (TPSA) is 30.2 Å². The van der Waals surface area contributed by atoms with Crippen LogP contribution in [0.2, 0.25) is 0 Å². The zero-order valence-electron chi connectivity index (χ0n) is 11.1. The second-order valence-corrected chi connectivity index (χ2v) is 4.48. The quantitative estimate of drug-likeness (QED) is 0.526. The van der Waals surface area contributed by atoms with Gasteiger partial charge in [0.15, 0.2) is 6.20 Å². The molecule has 20 heavy (non-hydrogen) atoms. The van der Waals surface area contributed by atoms with Crippen LogP contribution in [-0.2, 0) is 4.74 Å². The molecular weight excluding hydrogens is 250 g/mol. The Bertz CT molecular complexity index is 758. The van der Waals surface area contributed by atoms with Crippen molar-refractivity contribution in [3.63, 3.8) is 0 Å². The molecule has 3 aromatic rings. The van der Waals surface area contributed by atoms with Crippen LogP contribution in [0, 0.1) is 0 Å². The molecular formula is C17H14NO2+. The number of carbonyl (C=O) groups is 1. The molecule has 0 amide bonds. The maximum atomic E-state index is 11.4. The van der Waals surface area contributed by atoms with Gasteiger partial charge < -0.3 is 4.74 Å². The lowest BCUT2D eigenvalue weighted by atomic mass is 10.1. The largest absolute Gasteiger partial charge is 0.465 e. The Hall–Kier alpha value is -2.68. The fourth-order valence-corrected chi connectivity index (χ4v) is 2.26. The molecule has 0 N–H and O–H groups in total. The first-order chi connectivity index (χ1) is 9.79. The summed E-state index contributed by atoms with van der Waals surface area (Å²) in [6, 6.07) is 19.7. The lowest BCUT2D eigenvalue weighted by Crippen LogP contribution is -2.30. The van der Waals surface area contributed by atoms with Crippen molar-refractivity contribution in [2.45, 2.75) is 0 Å². The van der Waals surface area contributed by atoms with Crippen LogP contribution in [0.25, 0.3) is 16.6 Å². The van der Waals surface area contributed by atoms with E-state index in [1.165, 1.54) is 12.5 Å². The molecule has 0 fully saturated rings. The van der Waals surface area contributed by atoms with Crippen LogP contribution < -0.4 is 4.57 Å². The number of para-hydroxylation sites is 1. The molecule has 3 heteroatoms. The Morgan fingerprint density at radius 2 is 1.65 bits per heavy atom. The van der Waals surface area contributed by atoms with E-state index in [1.54, 1.807) is 12.1 Å². The molecule has 0 atom stereocenters. The summed E-state index contributed by atoms with van der Waals surface area (Å²) in [5.41, 5.74) is 2.69. The minimum Gasteiger partial charge on any atom is -0.465 e. The first kappa shape index (κ1) is 12.4. The van der Waals surface area contributed by atoms with Gasteiger partial charge in [0, 0.05) is 29.7 Å². The van der Waals surface area contributed by atoms with Crippen molar-refractivity contribution >= 4 is 16.9 Å². The van der Waals surface area contributed by atoms with E-state index in [4.69, 9.17) is 4.74 Å². The summed E-state index contributed by atoms with van der Waals surface area (Å²) in [4.78, 5) is 11.4. The predicted molar refractivity (Wildman–Crippen MR) is 76.8 cm³/mol. The summed E-state index contributed by atoms with van der Waals surface area (Å²) in [6.07, 6.45) is 2.01. The predicted octanol–water partition coefficient (Wildman–Crippen LogP) is 2.90. The lowest BCUT2D eigenvalue weighted by molar-refractivity contribution is -0.567. The maximum Gasteiger partial charge on any atom is 0.337 e. The van der Waals surface area contributed by atoms with E-state index in [9.17, 15) is 4.79 Å². The number of hydrogen-bond acceptors (Lipinski definition) is 2. The van der Waals surface area contributed by atoms with Crippen molar-refractivity contribution in [2.75, 3.05) is 7.11 Å². The van der Waals surface area contributed by atoms with Crippen LogP contribution in [0.15, 0.2) is 66.9 Å².